The molecule has 0 amide bonds. The van der Waals surface area contributed by atoms with Crippen LogP contribution in [0, 0.1) is 17.8 Å². The van der Waals surface area contributed by atoms with E-state index in [0.29, 0.717) is 12.8 Å². The van der Waals surface area contributed by atoms with Crippen LogP contribution < -0.4 is 0 Å². The summed E-state index contributed by atoms with van der Waals surface area (Å²) >= 11 is 0. The molecule has 1 rings (SSSR count). The second kappa shape index (κ2) is 5.92. The summed E-state index contributed by atoms with van der Waals surface area (Å²) in [5.74, 6) is -3.42. The Kier molecular flexibility index (Phi) is 5.08. The van der Waals surface area contributed by atoms with Gasteiger partial charge in [-0.1, -0.05) is 33.6 Å². The normalized spacial score (nSPS) is 32.4. The lowest BCUT2D eigenvalue weighted by molar-refractivity contribution is -0.143. The van der Waals surface area contributed by atoms with Gasteiger partial charge in [-0.2, -0.15) is 0 Å². The molecular formula is C14H24F2O. The van der Waals surface area contributed by atoms with Crippen LogP contribution in [0.1, 0.15) is 59.3 Å². The minimum atomic E-state index is -2.65. The highest BCUT2D eigenvalue weighted by Gasteiger charge is 2.48. The number of rotatable bonds is 5. The van der Waals surface area contributed by atoms with Gasteiger partial charge in [0.1, 0.15) is 5.78 Å². The average Bonchev–Trinajstić information content (AvgIpc) is 2.28. The largest absolute Gasteiger partial charge is 0.299 e. The van der Waals surface area contributed by atoms with Gasteiger partial charge in [0.15, 0.2) is 0 Å². The maximum Gasteiger partial charge on any atom is 0.251 e. The SMILES string of the molecule is CCCCC(=O)C1CC(F)(F)C(C)CC1CC. The Morgan fingerprint density at radius 1 is 1.35 bits per heavy atom. The molecule has 0 aromatic carbocycles. The molecule has 1 aliphatic rings. The number of carbonyl (C=O) groups is 1. The van der Waals surface area contributed by atoms with Gasteiger partial charge in [0, 0.05) is 24.7 Å². The molecule has 1 fully saturated rings. The Labute approximate surface area is 103 Å². The van der Waals surface area contributed by atoms with Gasteiger partial charge < -0.3 is 0 Å². The fraction of sp³-hybridized carbons (Fsp3) is 0.929. The summed E-state index contributed by atoms with van der Waals surface area (Å²) in [5.41, 5.74) is 0. The smallest absolute Gasteiger partial charge is 0.251 e. The third kappa shape index (κ3) is 3.49. The molecule has 1 saturated carbocycles. The molecule has 17 heavy (non-hydrogen) atoms. The zero-order chi connectivity index (χ0) is 13.1. The summed E-state index contributed by atoms with van der Waals surface area (Å²) in [4.78, 5) is 12.0. The first-order chi connectivity index (χ1) is 7.92. The molecule has 0 heterocycles. The third-order valence-electron chi connectivity index (χ3n) is 4.15. The molecule has 3 unspecified atom stereocenters. The lowest BCUT2D eigenvalue weighted by Crippen LogP contribution is -2.42. The van der Waals surface area contributed by atoms with E-state index in [9.17, 15) is 13.6 Å². The van der Waals surface area contributed by atoms with Crippen LogP contribution in [0.15, 0.2) is 0 Å². The number of hydrogen-bond donors (Lipinski definition) is 0. The molecule has 0 N–H and O–H groups in total. The minimum absolute atomic E-state index is 0.0604. The van der Waals surface area contributed by atoms with Crippen LogP contribution in [0.5, 0.6) is 0 Å². The van der Waals surface area contributed by atoms with Gasteiger partial charge in [0.05, 0.1) is 0 Å². The molecule has 0 bridgehead atoms. The summed E-state index contributed by atoms with van der Waals surface area (Å²) in [6.07, 6.45) is 3.35. The fourth-order valence-electron chi connectivity index (χ4n) is 2.82. The van der Waals surface area contributed by atoms with Gasteiger partial charge in [-0.15, -0.1) is 0 Å². The number of unbranched alkanes of at least 4 members (excludes halogenated alkanes) is 1. The van der Waals surface area contributed by atoms with Crippen molar-refractivity contribution in [1.29, 1.82) is 0 Å². The van der Waals surface area contributed by atoms with Crippen molar-refractivity contribution in [2.75, 3.05) is 0 Å². The molecule has 3 atom stereocenters. The van der Waals surface area contributed by atoms with Gasteiger partial charge in [-0.3, -0.25) is 4.79 Å². The van der Waals surface area contributed by atoms with E-state index in [1.165, 1.54) is 0 Å². The zero-order valence-electron chi connectivity index (χ0n) is 11.1. The molecule has 0 aromatic rings. The van der Waals surface area contributed by atoms with E-state index in [1.54, 1.807) is 6.92 Å². The van der Waals surface area contributed by atoms with Crippen LogP contribution in [0.3, 0.4) is 0 Å². The average molecular weight is 246 g/mol. The molecule has 1 aliphatic carbocycles. The van der Waals surface area contributed by atoms with E-state index in [2.05, 4.69) is 0 Å². The van der Waals surface area contributed by atoms with Crippen molar-refractivity contribution < 1.29 is 13.6 Å². The summed E-state index contributed by atoms with van der Waals surface area (Å²) in [6, 6.07) is 0. The standard InChI is InChI=1S/C14H24F2O/c1-4-6-7-13(17)12-9-14(15,16)10(3)8-11(12)5-2/h10-12H,4-9H2,1-3H3. The zero-order valence-corrected chi connectivity index (χ0v) is 11.1. The highest BCUT2D eigenvalue weighted by Crippen LogP contribution is 2.45. The predicted octanol–water partition coefficient (Wildman–Crippen LogP) is 4.45. The number of hydrogen-bond acceptors (Lipinski definition) is 1. The Bertz CT molecular complexity index is 263. The maximum atomic E-state index is 13.7. The highest BCUT2D eigenvalue weighted by atomic mass is 19.3. The molecule has 0 aliphatic heterocycles. The van der Waals surface area contributed by atoms with Crippen molar-refractivity contribution in [3.8, 4) is 0 Å². The Morgan fingerprint density at radius 3 is 2.53 bits per heavy atom. The Morgan fingerprint density at radius 2 is 2.00 bits per heavy atom. The first kappa shape index (κ1) is 14.6. The number of alkyl halides is 2. The fourth-order valence-corrected chi connectivity index (χ4v) is 2.82. The van der Waals surface area contributed by atoms with Gasteiger partial charge >= 0.3 is 0 Å². The summed E-state index contributed by atoms with van der Waals surface area (Å²) in [6.45, 7) is 5.62. The van der Waals surface area contributed by atoms with E-state index in [0.717, 1.165) is 19.3 Å². The molecule has 1 nitrogen and oxygen atoms in total. The Hall–Kier alpha value is -0.470. The quantitative estimate of drug-likeness (QED) is 0.700. The first-order valence-corrected chi connectivity index (χ1v) is 6.82. The molecule has 0 aromatic heterocycles. The lowest BCUT2D eigenvalue weighted by Gasteiger charge is -2.39. The van der Waals surface area contributed by atoms with Crippen molar-refractivity contribution in [1.82, 2.24) is 0 Å². The van der Waals surface area contributed by atoms with Crippen molar-refractivity contribution in [2.45, 2.75) is 65.2 Å². The van der Waals surface area contributed by atoms with E-state index in [1.807, 2.05) is 13.8 Å². The van der Waals surface area contributed by atoms with E-state index in [-0.39, 0.29) is 18.1 Å². The van der Waals surface area contributed by atoms with Crippen LogP contribution in [0.25, 0.3) is 0 Å². The topological polar surface area (TPSA) is 17.1 Å². The number of Topliss-reactive ketones (excluding diaryl/α,β-unsaturated/α-hetero) is 1. The van der Waals surface area contributed by atoms with E-state index >= 15 is 0 Å². The van der Waals surface area contributed by atoms with Crippen molar-refractivity contribution in [3.05, 3.63) is 0 Å². The van der Waals surface area contributed by atoms with Crippen LogP contribution >= 0.6 is 0 Å². The number of carbonyl (C=O) groups excluding carboxylic acids is 1. The lowest BCUT2D eigenvalue weighted by atomic mass is 9.69. The third-order valence-corrected chi connectivity index (χ3v) is 4.15. The molecule has 100 valence electrons. The molecular weight excluding hydrogens is 222 g/mol. The molecule has 0 radical (unpaired) electrons. The van der Waals surface area contributed by atoms with Gasteiger partial charge in [-0.25, -0.2) is 8.78 Å². The Balaban J connectivity index is 2.70. The van der Waals surface area contributed by atoms with E-state index in [4.69, 9.17) is 0 Å². The van der Waals surface area contributed by atoms with E-state index < -0.39 is 17.8 Å². The molecule has 0 saturated heterocycles. The van der Waals surface area contributed by atoms with Gasteiger partial charge in [0.25, 0.3) is 5.92 Å². The summed E-state index contributed by atoms with van der Waals surface area (Å²) in [7, 11) is 0. The number of ketones is 1. The van der Waals surface area contributed by atoms with Crippen LogP contribution in [0.2, 0.25) is 0 Å². The first-order valence-electron chi connectivity index (χ1n) is 6.82. The second-order valence-electron chi connectivity index (χ2n) is 5.45. The second-order valence-corrected chi connectivity index (χ2v) is 5.45. The van der Waals surface area contributed by atoms with Crippen molar-refractivity contribution in [3.63, 3.8) is 0 Å². The molecule has 3 heteroatoms. The van der Waals surface area contributed by atoms with Gasteiger partial charge in [0.2, 0.25) is 0 Å². The monoisotopic (exact) mass is 246 g/mol. The highest BCUT2D eigenvalue weighted by molar-refractivity contribution is 5.81. The number of halogens is 2. The van der Waals surface area contributed by atoms with Crippen LogP contribution in [-0.4, -0.2) is 11.7 Å². The van der Waals surface area contributed by atoms with Gasteiger partial charge in [-0.05, 0) is 18.8 Å². The van der Waals surface area contributed by atoms with Crippen molar-refractivity contribution in [2.24, 2.45) is 17.8 Å². The van der Waals surface area contributed by atoms with Crippen molar-refractivity contribution >= 4 is 5.78 Å². The summed E-state index contributed by atoms with van der Waals surface area (Å²) < 4.78 is 27.4. The van der Waals surface area contributed by atoms with Crippen LogP contribution in [-0.2, 0) is 4.79 Å². The molecule has 0 spiro atoms. The predicted molar refractivity (Wildman–Crippen MR) is 65.1 cm³/mol. The minimum Gasteiger partial charge on any atom is -0.299 e. The summed E-state index contributed by atoms with van der Waals surface area (Å²) in [5, 5.41) is 0. The van der Waals surface area contributed by atoms with Crippen LogP contribution in [0.4, 0.5) is 8.78 Å². The maximum absolute atomic E-state index is 13.7.